The number of nitrogens with two attached hydrogens (primary N) is 1. The second-order valence-corrected chi connectivity index (χ2v) is 8.39. The third-order valence-electron chi connectivity index (χ3n) is 4.25. The zero-order valence-electron chi connectivity index (χ0n) is 15.1. The summed E-state index contributed by atoms with van der Waals surface area (Å²) in [6.45, 7) is 4.09. The molecule has 7 heteroatoms. The summed E-state index contributed by atoms with van der Waals surface area (Å²) < 4.78 is 0. The Labute approximate surface area is 157 Å². The average Bonchev–Trinajstić information content (AvgIpc) is 2.97. The van der Waals surface area contributed by atoms with E-state index in [1.807, 2.05) is 13.8 Å². The van der Waals surface area contributed by atoms with Crippen LogP contribution < -0.4 is 16.4 Å². The maximum absolute atomic E-state index is 12.8. The molecule has 0 atom stereocenters. The number of pyridine rings is 1. The minimum Gasteiger partial charge on any atom is -0.350 e. The number of thiophene rings is 1. The Balaban J connectivity index is 1.88. The number of hydrogen-bond acceptors (Lipinski definition) is 5. The highest BCUT2D eigenvalue weighted by molar-refractivity contribution is 7.17. The molecular weight excluding hydrogens is 348 g/mol. The number of nitrogens with one attached hydrogen (secondary N) is 2. The molecule has 0 saturated carbocycles. The van der Waals surface area contributed by atoms with E-state index in [0.29, 0.717) is 22.7 Å². The van der Waals surface area contributed by atoms with Crippen LogP contribution in [0.2, 0.25) is 0 Å². The molecule has 3 rings (SSSR count). The number of aromatic nitrogens is 1. The number of carbonyl (C=O) groups is 2. The van der Waals surface area contributed by atoms with Crippen LogP contribution in [0.1, 0.15) is 57.8 Å². The van der Waals surface area contributed by atoms with Gasteiger partial charge in [0, 0.05) is 29.4 Å². The van der Waals surface area contributed by atoms with Crippen molar-refractivity contribution in [3.63, 3.8) is 0 Å². The predicted octanol–water partition coefficient (Wildman–Crippen LogP) is 2.74. The Kier molecular flexibility index (Phi) is 5.38. The largest absolute Gasteiger partial charge is 0.350 e. The molecule has 2 heterocycles. The maximum atomic E-state index is 12.8. The average molecular weight is 372 g/mol. The normalized spacial score (nSPS) is 13.8. The summed E-state index contributed by atoms with van der Waals surface area (Å²) >= 11 is 1.50. The van der Waals surface area contributed by atoms with Gasteiger partial charge in [-0.2, -0.15) is 0 Å². The van der Waals surface area contributed by atoms with Crippen molar-refractivity contribution in [1.82, 2.24) is 10.3 Å². The molecule has 0 bridgehead atoms. The topological polar surface area (TPSA) is 97.1 Å². The van der Waals surface area contributed by atoms with E-state index >= 15 is 0 Å². The van der Waals surface area contributed by atoms with Crippen LogP contribution in [0.15, 0.2) is 24.5 Å². The van der Waals surface area contributed by atoms with Crippen LogP contribution in [0.3, 0.4) is 0 Å². The Morgan fingerprint density at radius 1 is 1.27 bits per heavy atom. The van der Waals surface area contributed by atoms with Gasteiger partial charge in [0.2, 0.25) is 0 Å². The molecule has 2 aromatic rings. The molecule has 0 aliphatic heterocycles. The van der Waals surface area contributed by atoms with E-state index in [4.69, 9.17) is 5.73 Å². The highest BCUT2D eigenvalue weighted by Gasteiger charge is 2.27. The van der Waals surface area contributed by atoms with Gasteiger partial charge in [0.25, 0.3) is 11.8 Å². The van der Waals surface area contributed by atoms with Gasteiger partial charge in [-0.05, 0) is 57.2 Å². The summed E-state index contributed by atoms with van der Waals surface area (Å²) in [5.41, 5.74) is 7.61. The van der Waals surface area contributed by atoms with Crippen LogP contribution in [0.4, 0.5) is 5.00 Å². The third kappa shape index (κ3) is 4.28. The van der Waals surface area contributed by atoms with Crippen molar-refractivity contribution < 1.29 is 9.59 Å². The number of fused-ring (bicyclic) bond motifs is 1. The van der Waals surface area contributed by atoms with E-state index in [9.17, 15) is 9.59 Å². The number of hydrogen-bond donors (Lipinski definition) is 3. The monoisotopic (exact) mass is 372 g/mol. The van der Waals surface area contributed by atoms with Gasteiger partial charge < -0.3 is 16.4 Å². The summed E-state index contributed by atoms with van der Waals surface area (Å²) in [5, 5.41) is 6.43. The predicted molar refractivity (Wildman–Crippen MR) is 104 cm³/mol. The molecule has 0 unspecified atom stereocenters. The van der Waals surface area contributed by atoms with Crippen molar-refractivity contribution in [2.75, 3.05) is 11.9 Å². The van der Waals surface area contributed by atoms with Gasteiger partial charge in [0.15, 0.2) is 0 Å². The van der Waals surface area contributed by atoms with E-state index in [1.54, 1.807) is 18.3 Å². The quantitative estimate of drug-likeness (QED) is 0.752. The van der Waals surface area contributed by atoms with Crippen LogP contribution in [0.5, 0.6) is 0 Å². The summed E-state index contributed by atoms with van der Waals surface area (Å²) in [5.74, 6) is -0.436. The molecule has 0 fully saturated rings. The third-order valence-corrected chi connectivity index (χ3v) is 5.46. The fraction of sp³-hybridized carbons (Fsp3) is 0.421. The van der Waals surface area contributed by atoms with Gasteiger partial charge in [0.05, 0.1) is 11.1 Å². The van der Waals surface area contributed by atoms with Crippen LogP contribution in [-0.2, 0) is 12.8 Å². The fourth-order valence-electron chi connectivity index (χ4n) is 2.96. The molecule has 6 nitrogen and oxygen atoms in total. The molecular formula is C19H24N4O2S. The van der Waals surface area contributed by atoms with E-state index in [2.05, 4.69) is 15.6 Å². The molecule has 138 valence electrons. The summed E-state index contributed by atoms with van der Waals surface area (Å²) in [7, 11) is 0. The summed E-state index contributed by atoms with van der Waals surface area (Å²) in [4.78, 5) is 30.5. The van der Waals surface area contributed by atoms with Crippen molar-refractivity contribution in [1.29, 1.82) is 0 Å². The van der Waals surface area contributed by atoms with E-state index in [1.165, 1.54) is 22.4 Å². The van der Waals surface area contributed by atoms with Gasteiger partial charge in [-0.1, -0.05) is 0 Å². The molecule has 1 aliphatic carbocycles. The van der Waals surface area contributed by atoms with Crippen molar-refractivity contribution in [3.8, 4) is 0 Å². The number of amides is 2. The molecule has 2 amide bonds. The van der Waals surface area contributed by atoms with Crippen LogP contribution in [0, 0.1) is 0 Å². The lowest BCUT2D eigenvalue weighted by molar-refractivity contribution is 0.0946. The smallest absolute Gasteiger partial charge is 0.257 e. The van der Waals surface area contributed by atoms with E-state index in [0.717, 1.165) is 31.2 Å². The lowest BCUT2D eigenvalue weighted by Gasteiger charge is -2.20. The standard InChI is InChI=1S/C19H24N4O2S/c1-19(2,20)11-22-17(25)15-13-7-3-4-8-14(13)26-18(15)23-16(24)12-6-5-9-21-10-12/h5-6,9-10H,3-4,7-8,11,20H2,1-2H3,(H,22,25)(H,23,24). The molecule has 1 aliphatic rings. The number of carbonyl (C=O) groups excluding carboxylic acids is 2. The van der Waals surface area contributed by atoms with E-state index < -0.39 is 5.54 Å². The number of nitrogens with zero attached hydrogens (tertiary/aromatic N) is 1. The molecule has 26 heavy (non-hydrogen) atoms. The van der Waals surface area contributed by atoms with Gasteiger partial charge in [-0.3, -0.25) is 14.6 Å². The van der Waals surface area contributed by atoms with Crippen molar-refractivity contribution in [2.24, 2.45) is 5.73 Å². The van der Waals surface area contributed by atoms with Crippen LogP contribution in [0.25, 0.3) is 0 Å². The van der Waals surface area contributed by atoms with Crippen molar-refractivity contribution in [2.45, 2.75) is 45.1 Å². The number of anilines is 1. The molecule has 4 N–H and O–H groups in total. The van der Waals surface area contributed by atoms with Gasteiger partial charge in [0.1, 0.15) is 5.00 Å². The lowest BCUT2D eigenvalue weighted by atomic mass is 9.95. The first-order valence-corrected chi connectivity index (χ1v) is 9.60. The van der Waals surface area contributed by atoms with Crippen LogP contribution >= 0.6 is 11.3 Å². The Bertz CT molecular complexity index is 809. The highest BCUT2D eigenvalue weighted by Crippen LogP contribution is 2.38. The van der Waals surface area contributed by atoms with Crippen LogP contribution in [-0.4, -0.2) is 28.9 Å². The Hall–Kier alpha value is -2.25. The minimum atomic E-state index is -0.495. The molecule has 0 radical (unpaired) electrons. The summed E-state index contributed by atoms with van der Waals surface area (Å²) in [6.07, 6.45) is 7.12. The van der Waals surface area contributed by atoms with Gasteiger partial charge in [-0.15, -0.1) is 11.3 Å². The Morgan fingerprint density at radius 2 is 2.04 bits per heavy atom. The zero-order valence-corrected chi connectivity index (χ0v) is 15.9. The first kappa shape index (κ1) is 18.5. The second-order valence-electron chi connectivity index (χ2n) is 7.28. The van der Waals surface area contributed by atoms with Gasteiger partial charge >= 0.3 is 0 Å². The second kappa shape index (κ2) is 7.55. The minimum absolute atomic E-state index is 0.176. The zero-order chi connectivity index (χ0) is 18.7. The first-order valence-electron chi connectivity index (χ1n) is 8.78. The van der Waals surface area contributed by atoms with E-state index in [-0.39, 0.29) is 11.8 Å². The SMILES string of the molecule is CC(C)(N)CNC(=O)c1c(NC(=O)c2cccnc2)sc2c1CCCC2. The number of rotatable bonds is 5. The first-order chi connectivity index (χ1) is 12.3. The van der Waals surface area contributed by atoms with Crippen molar-refractivity contribution >= 4 is 28.2 Å². The molecule has 0 aromatic carbocycles. The molecule has 0 spiro atoms. The lowest BCUT2D eigenvalue weighted by Crippen LogP contribution is -2.45. The maximum Gasteiger partial charge on any atom is 0.257 e. The molecule has 2 aromatic heterocycles. The summed E-state index contributed by atoms with van der Waals surface area (Å²) in [6, 6.07) is 3.41. The number of aryl methyl sites for hydroxylation is 1. The Morgan fingerprint density at radius 3 is 2.73 bits per heavy atom. The van der Waals surface area contributed by atoms with Gasteiger partial charge in [-0.25, -0.2) is 0 Å². The van der Waals surface area contributed by atoms with Crippen molar-refractivity contribution in [3.05, 3.63) is 46.1 Å². The highest BCUT2D eigenvalue weighted by atomic mass is 32.1. The molecule has 0 saturated heterocycles. The fourth-order valence-corrected chi connectivity index (χ4v) is 4.24.